The molecule has 0 aliphatic carbocycles. The van der Waals surface area contributed by atoms with E-state index in [0.29, 0.717) is 17.8 Å². The fraction of sp³-hybridized carbons (Fsp3) is 0.278. The van der Waals surface area contributed by atoms with Crippen molar-refractivity contribution in [2.24, 2.45) is 0 Å². The first-order valence-electron chi connectivity index (χ1n) is 8.17. The van der Waals surface area contributed by atoms with Gasteiger partial charge < -0.3 is 10.2 Å². The van der Waals surface area contributed by atoms with Gasteiger partial charge in [0.05, 0.1) is 4.90 Å². The van der Waals surface area contributed by atoms with Crippen LogP contribution in [0, 0.1) is 0 Å². The summed E-state index contributed by atoms with van der Waals surface area (Å²) in [6, 6.07) is 14.8. The summed E-state index contributed by atoms with van der Waals surface area (Å²) in [4.78, 5) is 14.6. The predicted octanol–water partition coefficient (Wildman–Crippen LogP) is 2.34. The number of nitrogens with zero attached hydrogens (tertiary/aromatic N) is 1. The maximum atomic E-state index is 12.6. The van der Waals surface area contributed by atoms with Crippen molar-refractivity contribution in [1.29, 1.82) is 0 Å². The van der Waals surface area contributed by atoms with E-state index in [0.717, 1.165) is 13.1 Å². The normalized spacial score (nSPS) is 17.3. The van der Waals surface area contributed by atoms with Gasteiger partial charge in [0.15, 0.2) is 0 Å². The van der Waals surface area contributed by atoms with E-state index in [4.69, 9.17) is 0 Å². The molecule has 3 rings (SSSR count). The van der Waals surface area contributed by atoms with Crippen LogP contribution in [-0.4, -0.2) is 44.9 Å². The number of halogens is 1. The molecule has 140 valence electrons. The molecule has 1 saturated heterocycles. The summed E-state index contributed by atoms with van der Waals surface area (Å²) in [6.45, 7) is 4.24. The molecule has 26 heavy (non-hydrogen) atoms. The largest absolute Gasteiger partial charge is 0.333 e. The molecule has 8 heteroatoms. The molecular formula is C18H22ClN3O3S. The lowest BCUT2D eigenvalue weighted by Crippen LogP contribution is -2.52. The molecule has 0 bridgehead atoms. The minimum absolute atomic E-state index is 0. The zero-order valence-electron chi connectivity index (χ0n) is 14.4. The lowest BCUT2D eigenvalue weighted by Gasteiger charge is -2.34. The molecule has 2 N–H and O–H groups in total. The van der Waals surface area contributed by atoms with E-state index >= 15 is 0 Å². The van der Waals surface area contributed by atoms with Gasteiger partial charge in [0.2, 0.25) is 0 Å². The first kappa shape index (κ1) is 20.2. The highest BCUT2D eigenvalue weighted by molar-refractivity contribution is 7.92. The Kier molecular flexibility index (Phi) is 6.63. The summed E-state index contributed by atoms with van der Waals surface area (Å²) in [7, 11) is -3.63. The van der Waals surface area contributed by atoms with E-state index in [-0.39, 0.29) is 29.3 Å². The monoisotopic (exact) mass is 395 g/mol. The van der Waals surface area contributed by atoms with Crippen LogP contribution in [0.25, 0.3) is 0 Å². The summed E-state index contributed by atoms with van der Waals surface area (Å²) in [6.07, 6.45) is 0. The molecule has 0 aromatic heterocycles. The van der Waals surface area contributed by atoms with Crippen LogP contribution in [0.3, 0.4) is 0 Å². The minimum atomic E-state index is -3.63. The van der Waals surface area contributed by atoms with Gasteiger partial charge >= 0.3 is 0 Å². The fourth-order valence-electron chi connectivity index (χ4n) is 2.80. The van der Waals surface area contributed by atoms with Gasteiger partial charge in [0.1, 0.15) is 0 Å². The van der Waals surface area contributed by atoms with Crippen LogP contribution in [-0.2, 0) is 10.0 Å². The summed E-state index contributed by atoms with van der Waals surface area (Å²) >= 11 is 0. The maximum absolute atomic E-state index is 12.6. The van der Waals surface area contributed by atoms with Crippen LogP contribution >= 0.6 is 12.4 Å². The third-order valence-corrected chi connectivity index (χ3v) is 5.60. The van der Waals surface area contributed by atoms with Crippen molar-refractivity contribution in [3.63, 3.8) is 0 Å². The van der Waals surface area contributed by atoms with Gasteiger partial charge in [-0.05, 0) is 43.3 Å². The van der Waals surface area contributed by atoms with Gasteiger partial charge in [0, 0.05) is 36.9 Å². The molecule has 2 aromatic rings. The van der Waals surface area contributed by atoms with E-state index in [1.807, 2.05) is 11.8 Å². The van der Waals surface area contributed by atoms with Crippen molar-refractivity contribution >= 4 is 34.0 Å². The lowest BCUT2D eigenvalue weighted by molar-refractivity contribution is 0.0656. The first-order valence-corrected chi connectivity index (χ1v) is 9.65. The Morgan fingerprint density at radius 2 is 1.77 bits per heavy atom. The number of rotatable bonds is 4. The van der Waals surface area contributed by atoms with Crippen molar-refractivity contribution in [3.05, 3.63) is 60.2 Å². The Morgan fingerprint density at radius 1 is 1.12 bits per heavy atom. The molecule has 1 aliphatic rings. The highest BCUT2D eigenvalue weighted by atomic mass is 35.5. The Balaban J connectivity index is 0.00000243. The van der Waals surface area contributed by atoms with Crippen LogP contribution in [0.5, 0.6) is 0 Å². The van der Waals surface area contributed by atoms with Crippen molar-refractivity contribution in [3.8, 4) is 0 Å². The topological polar surface area (TPSA) is 78.5 Å². The average Bonchev–Trinajstić information content (AvgIpc) is 2.63. The number of sulfonamides is 1. The summed E-state index contributed by atoms with van der Waals surface area (Å²) in [5, 5.41) is 3.25. The van der Waals surface area contributed by atoms with Gasteiger partial charge in [-0.1, -0.05) is 18.2 Å². The van der Waals surface area contributed by atoms with E-state index in [1.165, 1.54) is 12.1 Å². The first-order chi connectivity index (χ1) is 12.0. The molecule has 0 radical (unpaired) electrons. The second kappa shape index (κ2) is 8.53. The van der Waals surface area contributed by atoms with Gasteiger partial charge in [-0.15, -0.1) is 12.4 Å². The van der Waals surface area contributed by atoms with E-state index in [2.05, 4.69) is 10.0 Å². The van der Waals surface area contributed by atoms with Gasteiger partial charge in [-0.3, -0.25) is 9.52 Å². The fourth-order valence-corrected chi connectivity index (χ4v) is 3.88. The van der Waals surface area contributed by atoms with Gasteiger partial charge in [-0.25, -0.2) is 8.42 Å². The minimum Gasteiger partial charge on any atom is -0.333 e. The molecule has 1 fully saturated rings. The maximum Gasteiger partial charge on any atom is 0.261 e. The van der Waals surface area contributed by atoms with E-state index < -0.39 is 10.0 Å². The Morgan fingerprint density at radius 3 is 2.38 bits per heavy atom. The molecule has 0 spiro atoms. The summed E-state index contributed by atoms with van der Waals surface area (Å²) in [5.74, 6) is -0.0357. The number of piperazine rings is 1. The molecule has 0 saturated carbocycles. The molecule has 1 atom stereocenters. The standard InChI is InChI=1S/C18H21N3O3S.ClH/c1-14-13-19-11-12-21(14)18(22)15-7-9-16(10-8-15)20-25(23,24)17-5-3-2-4-6-17;/h2-10,14,19-20H,11-13H2,1H3;1H/t14-;/m0./s1. The predicted molar refractivity (Wildman–Crippen MR) is 104 cm³/mol. The van der Waals surface area contributed by atoms with Crippen LogP contribution in [0.1, 0.15) is 17.3 Å². The third-order valence-electron chi connectivity index (χ3n) is 4.20. The Hall–Kier alpha value is -2.09. The van der Waals surface area contributed by atoms with Gasteiger partial charge in [-0.2, -0.15) is 0 Å². The second-order valence-corrected chi connectivity index (χ2v) is 7.73. The van der Waals surface area contributed by atoms with Crippen molar-refractivity contribution in [2.75, 3.05) is 24.4 Å². The number of nitrogens with one attached hydrogen (secondary N) is 2. The number of hydrogen-bond donors (Lipinski definition) is 2. The van der Waals surface area contributed by atoms with E-state index in [1.54, 1.807) is 42.5 Å². The van der Waals surface area contributed by atoms with Crippen molar-refractivity contribution in [2.45, 2.75) is 17.9 Å². The SMILES string of the molecule is C[C@H]1CNCCN1C(=O)c1ccc(NS(=O)(=O)c2ccccc2)cc1.Cl. The van der Waals surface area contributed by atoms with Crippen LogP contribution in [0.2, 0.25) is 0 Å². The zero-order chi connectivity index (χ0) is 17.9. The smallest absolute Gasteiger partial charge is 0.261 e. The number of carbonyl (C=O) groups excluding carboxylic acids is 1. The van der Waals surface area contributed by atoms with Crippen molar-refractivity contribution < 1.29 is 13.2 Å². The Bertz CT molecular complexity index is 842. The molecule has 1 heterocycles. The molecule has 0 unspecified atom stereocenters. The third kappa shape index (κ3) is 4.55. The van der Waals surface area contributed by atoms with Crippen molar-refractivity contribution in [1.82, 2.24) is 10.2 Å². The summed E-state index contributed by atoms with van der Waals surface area (Å²) < 4.78 is 27.2. The molecular weight excluding hydrogens is 374 g/mol. The molecule has 6 nitrogen and oxygen atoms in total. The zero-order valence-corrected chi connectivity index (χ0v) is 16.0. The lowest BCUT2D eigenvalue weighted by atomic mass is 10.1. The number of anilines is 1. The number of hydrogen-bond acceptors (Lipinski definition) is 4. The molecule has 2 aromatic carbocycles. The molecule has 1 amide bonds. The number of benzene rings is 2. The van der Waals surface area contributed by atoms with Crippen LogP contribution in [0.4, 0.5) is 5.69 Å². The van der Waals surface area contributed by atoms with E-state index in [9.17, 15) is 13.2 Å². The quantitative estimate of drug-likeness (QED) is 0.832. The highest BCUT2D eigenvalue weighted by Gasteiger charge is 2.24. The van der Waals surface area contributed by atoms with Gasteiger partial charge in [0.25, 0.3) is 15.9 Å². The van der Waals surface area contributed by atoms with Crippen LogP contribution in [0.15, 0.2) is 59.5 Å². The molecule has 1 aliphatic heterocycles. The Labute approximate surface area is 160 Å². The highest BCUT2D eigenvalue weighted by Crippen LogP contribution is 2.18. The number of amides is 1. The van der Waals surface area contributed by atoms with Crippen LogP contribution < -0.4 is 10.0 Å². The summed E-state index contributed by atoms with van der Waals surface area (Å²) in [5.41, 5.74) is 0.977. The number of carbonyl (C=O) groups is 1. The average molecular weight is 396 g/mol. The second-order valence-electron chi connectivity index (χ2n) is 6.05.